The van der Waals surface area contributed by atoms with Crippen molar-refractivity contribution in [1.82, 2.24) is 9.97 Å². The van der Waals surface area contributed by atoms with Gasteiger partial charge in [-0.1, -0.05) is 32.6 Å². The van der Waals surface area contributed by atoms with E-state index in [9.17, 15) is 9.59 Å². The topological polar surface area (TPSA) is 98.1 Å². The summed E-state index contributed by atoms with van der Waals surface area (Å²) in [5.41, 5.74) is 5.36. The number of carbonyl (C=O) groups is 2. The molecule has 1 unspecified atom stereocenters. The van der Waals surface area contributed by atoms with Crippen molar-refractivity contribution in [3.63, 3.8) is 0 Å². The van der Waals surface area contributed by atoms with Crippen molar-refractivity contribution in [1.29, 1.82) is 0 Å². The van der Waals surface area contributed by atoms with Gasteiger partial charge < -0.3 is 15.5 Å². The number of nitrogens with two attached hydrogens (primary N) is 1. The number of esters is 1. The van der Waals surface area contributed by atoms with Crippen molar-refractivity contribution in [3.05, 3.63) is 17.7 Å². The molecule has 1 aromatic rings. The Morgan fingerprint density at radius 3 is 2.68 bits per heavy atom. The number of aromatic amines is 1. The van der Waals surface area contributed by atoms with Gasteiger partial charge >= 0.3 is 5.97 Å². The smallest absolute Gasteiger partial charge is 0.316 e. The van der Waals surface area contributed by atoms with E-state index >= 15 is 0 Å². The van der Waals surface area contributed by atoms with Gasteiger partial charge in [-0.2, -0.15) is 0 Å². The summed E-state index contributed by atoms with van der Waals surface area (Å²) in [5, 5.41) is 0. The first-order chi connectivity index (χ1) is 9.10. The molecule has 0 aliphatic carbocycles. The summed E-state index contributed by atoms with van der Waals surface area (Å²) in [7, 11) is 1.35. The fraction of sp³-hybridized carbons (Fsp3) is 0.615. The SMILES string of the molecule is CCCCCCC(C(=O)OC)c1ncc(C(N)=O)[nH]1. The minimum atomic E-state index is -0.589. The highest BCUT2D eigenvalue weighted by atomic mass is 16.5. The van der Waals surface area contributed by atoms with Crippen molar-refractivity contribution in [2.24, 2.45) is 5.73 Å². The number of carbonyl (C=O) groups excluding carboxylic acids is 2. The van der Waals surface area contributed by atoms with Gasteiger partial charge in [-0.25, -0.2) is 4.98 Å². The number of amides is 1. The number of methoxy groups -OCH3 is 1. The minimum absolute atomic E-state index is 0.206. The van der Waals surface area contributed by atoms with E-state index in [1.807, 2.05) is 0 Å². The lowest BCUT2D eigenvalue weighted by Gasteiger charge is -2.11. The van der Waals surface area contributed by atoms with E-state index in [0.717, 1.165) is 25.7 Å². The standard InChI is InChI=1S/C13H21N3O3/c1-3-4-5-6-7-9(13(18)19-2)12-15-8-10(16-12)11(14)17/h8-9H,3-7H2,1-2H3,(H2,14,17)(H,15,16). The van der Waals surface area contributed by atoms with Crippen LogP contribution in [0.2, 0.25) is 0 Å². The Labute approximate surface area is 112 Å². The molecule has 1 amide bonds. The summed E-state index contributed by atoms with van der Waals surface area (Å²) in [4.78, 5) is 29.6. The zero-order valence-electron chi connectivity index (χ0n) is 11.4. The number of H-pyrrole nitrogens is 1. The lowest BCUT2D eigenvalue weighted by Crippen LogP contribution is -2.17. The van der Waals surface area contributed by atoms with Crippen molar-refractivity contribution in [3.8, 4) is 0 Å². The Morgan fingerprint density at radius 1 is 1.42 bits per heavy atom. The Hall–Kier alpha value is -1.85. The maximum Gasteiger partial charge on any atom is 0.316 e. The molecule has 1 aromatic heterocycles. The van der Waals surface area contributed by atoms with Crippen LogP contribution in [0.3, 0.4) is 0 Å². The Kier molecular flexibility index (Phi) is 6.05. The third-order valence-corrected chi connectivity index (χ3v) is 3.02. The number of imidazole rings is 1. The van der Waals surface area contributed by atoms with Crippen molar-refractivity contribution < 1.29 is 14.3 Å². The molecular weight excluding hydrogens is 246 g/mol. The molecule has 0 fully saturated rings. The van der Waals surface area contributed by atoms with Crippen LogP contribution in [0, 0.1) is 0 Å². The minimum Gasteiger partial charge on any atom is -0.468 e. The van der Waals surface area contributed by atoms with Crippen LogP contribution in [-0.2, 0) is 9.53 Å². The zero-order chi connectivity index (χ0) is 14.3. The molecule has 1 heterocycles. The predicted molar refractivity (Wildman–Crippen MR) is 70.6 cm³/mol. The number of hydrogen-bond donors (Lipinski definition) is 2. The third kappa shape index (κ3) is 4.39. The van der Waals surface area contributed by atoms with Crippen molar-refractivity contribution >= 4 is 11.9 Å². The molecule has 0 radical (unpaired) electrons. The second-order valence-electron chi connectivity index (χ2n) is 4.47. The first kappa shape index (κ1) is 15.2. The van der Waals surface area contributed by atoms with E-state index in [4.69, 9.17) is 10.5 Å². The van der Waals surface area contributed by atoms with Gasteiger partial charge in [-0.15, -0.1) is 0 Å². The average Bonchev–Trinajstić information content (AvgIpc) is 2.87. The Morgan fingerprint density at radius 2 is 2.16 bits per heavy atom. The van der Waals surface area contributed by atoms with Gasteiger partial charge in [0, 0.05) is 0 Å². The molecule has 0 saturated carbocycles. The van der Waals surface area contributed by atoms with Crippen LogP contribution >= 0.6 is 0 Å². The number of aromatic nitrogens is 2. The highest BCUT2D eigenvalue weighted by Crippen LogP contribution is 2.21. The van der Waals surface area contributed by atoms with Gasteiger partial charge in [0.05, 0.1) is 13.3 Å². The average molecular weight is 267 g/mol. The van der Waals surface area contributed by atoms with Crippen molar-refractivity contribution in [2.45, 2.75) is 44.9 Å². The lowest BCUT2D eigenvalue weighted by atomic mass is 10.00. The number of nitrogens with one attached hydrogen (secondary N) is 1. The molecule has 0 aromatic carbocycles. The van der Waals surface area contributed by atoms with Crippen LogP contribution in [0.1, 0.15) is 61.3 Å². The van der Waals surface area contributed by atoms with Crippen LogP contribution < -0.4 is 5.73 Å². The molecule has 0 aliphatic heterocycles. The number of primary amides is 1. The summed E-state index contributed by atoms with van der Waals surface area (Å²) in [6.07, 6.45) is 6.25. The van der Waals surface area contributed by atoms with Gasteiger partial charge in [0.15, 0.2) is 0 Å². The summed E-state index contributed by atoms with van der Waals surface area (Å²) < 4.78 is 4.78. The molecule has 0 bridgehead atoms. The van der Waals surface area contributed by atoms with Gasteiger partial charge in [0.2, 0.25) is 0 Å². The quantitative estimate of drug-likeness (QED) is 0.553. The van der Waals surface area contributed by atoms with Crippen LogP contribution in [0.15, 0.2) is 6.20 Å². The van der Waals surface area contributed by atoms with Gasteiger partial charge in [-0.3, -0.25) is 9.59 Å². The monoisotopic (exact) mass is 267 g/mol. The number of nitrogens with zero attached hydrogens (tertiary/aromatic N) is 1. The highest BCUT2D eigenvalue weighted by Gasteiger charge is 2.24. The fourth-order valence-corrected chi connectivity index (χ4v) is 1.92. The van der Waals surface area contributed by atoms with Crippen LogP contribution in [0.25, 0.3) is 0 Å². The summed E-state index contributed by atoms with van der Waals surface area (Å²) >= 11 is 0. The number of unbranched alkanes of at least 4 members (excludes halogenated alkanes) is 3. The normalized spacial score (nSPS) is 12.1. The highest BCUT2D eigenvalue weighted by molar-refractivity contribution is 5.90. The molecule has 6 heteroatoms. The summed E-state index contributed by atoms with van der Waals surface area (Å²) in [6.45, 7) is 2.13. The van der Waals surface area contributed by atoms with Gasteiger partial charge in [0.25, 0.3) is 5.91 Å². The molecule has 1 atom stereocenters. The fourth-order valence-electron chi connectivity index (χ4n) is 1.92. The second kappa shape index (κ2) is 7.56. The summed E-state index contributed by atoms with van der Waals surface area (Å²) in [6, 6.07) is 0. The first-order valence-corrected chi connectivity index (χ1v) is 6.52. The number of rotatable bonds is 8. The maximum atomic E-state index is 11.8. The summed E-state index contributed by atoms with van der Waals surface area (Å²) in [5.74, 6) is -0.956. The predicted octanol–water partition coefficient (Wildman–Crippen LogP) is 1.74. The molecule has 0 spiro atoms. The van der Waals surface area contributed by atoms with E-state index in [-0.39, 0.29) is 11.7 Å². The van der Waals surface area contributed by atoms with Gasteiger partial charge in [-0.05, 0) is 6.42 Å². The molecule has 6 nitrogen and oxygen atoms in total. The Balaban J connectivity index is 2.72. The van der Waals surface area contributed by atoms with E-state index < -0.39 is 11.8 Å². The van der Waals surface area contributed by atoms with E-state index in [2.05, 4.69) is 16.9 Å². The van der Waals surface area contributed by atoms with Gasteiger partial charge in [0.1, 0.15) is 17.4 Å². The van der Waals surface area contributed by atoms with E-state index in [0.29, 0.717) is 12.2 Å². The maximum absolute atomic E-state index is 11.8. The molecule has 3 N–H and O–H groups in total. The molecule has 19 heavy (non-hydrogen) atoms. The molecular formula is C13H21N3O3. The number of hydrogen-bond acceptors (Lipinski definition) is 4. The lowest BCUT2D eigenvalue weighted by molar-refractivity contribution is -0.142. The van der Waals surface area contributed by atoms with Crippen LogP contribution in [0.5, 0.6) is 0 Å². The van der Waals surface area contributed by atoms with E-state index in [1.54, 1.807) is 0 Å². The first-order valence-electron chi connectivity index (χ1n) is 6.52. The van der Waals surface area contributed by atoms with Crippen LogP contribution in [0.4, 0.5) is 0 Å². The van der Waals surface area contributed by atoms with E-state index in [1.165, 1.54) is 13.3 Å². The second-order valence-corrected chi connectivity index (χ2v) is 4.47. The molecule has 0 saturated heterocycles. The third-order valence-electron chi connectivity index (χ3n) is 3.02. The largest absolute Gasteiger partial charge is 0.468 e. The molecule has 106 valence electrons. The Bertz CT molecular complexity index is 429. The number of ether oxygens (including phenoxy) is 1. The van der Waals surface area contributed by atoms with Crippen molar-refractivity contribution in [2.75, 3.05) is 7.11 Å². The van der Waals surface area contributed by atoms with Crippen LogP contribution in [-0.4, -0.2) is 29.0 Å². The molecule has 0 aliphatic rings. The molecule has 1 rings (SSSR count). The zero-order valence-corrected chi connectivity index (χ0v) is 11.4.